The third-order valence-corrected chi connectivity index (χ3v) is 5.61. The van der Waals surface area contributed by atoms with Gasteiger partial charge in [0.25, 0.3) is 5.91 Å². The van der Waals surface area contributed by atoms with Crippen molar-refractivity contribution in [2.75, 3.05) is 32.5 Å². The van der Waals surface area contributed by atoms with Crippen LogP contribution in [-0.2, 0) is 23.8 Å². The Bertz CT molecular complexity index is 857. The summed E-state index contributed by atoms with van der Waals surface area (Å²) in [4.78, 5) is 39.2. The summed E-state index contributed by atoms with van der Waals surface area (Å²) in [5.41, 5.74) is 1.93. The lowest BCUT2D eigenvalue weighted by Gasteiger charge is -2.32. The van der Waals surface area contributed by atoms with Gasteiger partial charge >= 0.3 is 11.9 Å². The number of nitrogens with one attached hydrogen (secondary N) is 1. The zero-order valence-electron chi connectivity index (χ0n) is 17.7. The van der Waals surface area contributed by atoms with Crippen LogP contribution < -0.4 is 10.2 Å². The standard InChI is InChI=1S/C22H28N2O6/c1-14-16(20(25)23-15-8-5-4-6-9-15)10-7-11-18(14)24-13-30-12-17(21(26)28-2)19(24)22(27)29-3/h7,10-11,15H,4-6,8-9,12-13H2,1-3H3,(H,23,25). The van der Waals surface area contributed by atoms with Crippen LogP contribution in [0.5, 0.6) is 0 Å². The number of ether oxygens (including phenoxy) is 3. The Morgan fingerprint density at radius 1 is 1.07 bits per heavy atom. The number of hydrogen-bond acceptors (Lipinski definition) is 7. The van der Waals surface area contributed by atoms with E-state index in [1.165, 1.54) is 20.6 Å². The van der Waals surface area contributed by atoms with E-state index in [4.69, 9.17) is 14.2 Å². The molecule has 1 heterocycles. The Kier molecular flexibility index (Phi) is 7.10. The molecule has 0 spiro atoms. The van der Waals surface area contributed by atoms with Crippen molar-refractivity contribution in [2.45, 2.75) is 45.1 Å². The molecule has 1 aromatic carbocycles. The summed E-state index contributed by atoms with van der Waals surface area (Å²) < 4.78 is 15.2. The first kappa shape index (κ1) is 21.8. The van der Waals surface area contributed by atoms with Crippen LogP contribution in [0.2, 0.25) is 0 Å². The molecule has 162 valence electrons. The van der Waals surface area contributed by atoms with Gasteiger partial charge in [0.05, 0.1) is 26.4 Å². The maximum Gasteiger partial charge on any atom is 0.355 e. The van der Waals surface area contributed by atoms with Gasteiger partial charge in [-0.05, 0) is 37.5 Å². The van der Waals surface area contributed by atoms with Crippen molar-refractivity contribution in [1.82, 2.24) is 5.32 Å². The van der Waals surface area contributed by atoms with Crippen molar-refractivity contribution in [3.63, 3.8) is 0 Å². The Hall–Kier alpha value is -2.87. The number of methoxy groups -OCH3 is 2. The van der Waals surface area contributed by atoms with Crippen LogP contribution in [0.25, 0.3) is 0 Å². The van der Waals surface area contributed by atoms with Crippen molar-refractivity contribution in [3.8, 4) is 0 Å². The van der Waals surface area contributed by atoms with Crippen molar-refractivity contribution in [2.24, 2.45) is 0 Å². The van der Waals surface area contributed by atoms with E-state index in [2.05, 4.69) is 5.32 Å². The molecule has 0 radical (unpaired) electrons. The molecule has 1 fully saturated rings. The third kappa shape index (κ3) is 4.48. The Labute approximate surface area is 176 Å². The van der Waals surface area contributed by atoms with Gasteiger partial charge in [-0.1, -0.05) is 25.3 Å². The summed E-state index contributed by atoms with van der Waals surface area (Å²) in [7, 11) is 2.49. The van der Waals surface area contributed by atoms with Crippen molar-refractivity contribution in [1.29, 1.82) is 0 Å². The average molecular weight is 416 g/mol. The average Bonchev–Trinajstić information content (AvgIpc) is 2.78. The van der Waals surface area contributed by atoms with Gasteiger partial charge in [0.15, 0.2) is 0 Å². The molecule has 1 saturated carbocycles. The van der Waals surface area contributed by atoms with Crippen molar-refractivity contribution >= 4 is 23.5 Å². The first-order valence-corrected chi connectivity index (χ1v) is 10.1. The van der Waals surface area contributed by atoms with E-state index in [9.17, 15) is 14.4 Å². The predicted octanol–water partition coefficient (Wildman–Crippen LogP) is 2.45. The number of benzene rings is 1. The van der Waals surface area contributed by atoms with E-state index in [0.717, 1.165) is 25.7 Å². The summed E-state index contributed by atoms with van der Waals surface area (Å²) in [6, 6.07) is 5.47. The minimum absolute atomic E-state index is 0.0411. The summed E-state index contributed by atoms with van der Waals surface area (Å²) in [5, 5.41) is 3.12. The van der Waals surface area contributed by atoms with E-state index < -0.39 is 11.9 Å². The molecule has 1 aromatic rings. The van der Waals surface area contributed by atoms with Gasteiger partial charge in [0, 0.05) is 17.3 Å². The van der Waals surface area contributed by atoms with Crippen LogP contribution in [0.15, 0.2) is 29.5 Å². The highest BCUT2D eigenvalue weighted by molar-refractivity contribution is 6.04. The fourth-order valence-corrected chi connectivity index (χ4v) is 4.01. The molecule has 0 saturated heterocycles. The van der Waals surface area contributed by atoms with Gasteiger partial charge in [0.1, 0.15) is 12.4 Å². The number of amides is 1. The number of carbonyl (C=O) groups is 3. The van der Waals surface area contributed by atoms with E-state index in [0.29, 0.717) is 16.8 Å². The molecular weight excluding hydrogens is 388 g/mol. The second-order valence-electron chi connectivity index (χ2n) is 7.47. The predicted molar refractivity (Wildman–Crippen MR) is 110 cm³/mol. The summed E-state index contributed by atoms with van der Waals surface area (Å²) >= 11 is 0. The van der Waals surface area contributed by atoms with Crippen molar-refractivity contribution in [3.05, 3.63) is 40.6 Å². The zero-order chi connectivity index (χ0) is 21.7. The lowest BCUT2D eigenvalue weighted by molar-refractivity contribution is -0.140. The topological polar surface area (TPSA) is 94.2 Å². The van der Waals surface area contributed by atoms with Crippen LogP contribution in [0.1, 0.15) is 48.0 Å². The zero-order valence-corrected chi connectivity index (χ0v) is 17.7. The fraction of sp³-hybridized carbons (Fsp3) is 0.500. The second kappa shape index (κ2) is 9.75. The summed E-state index contributed by atoms with van der Waals surface area (Å²) in [6.07, 6.45) is 5.43. The van der Waals surface area contributed by atoms with Gasteiger partial charge in [-0.25, -0.2) is 9.59 Å². The quantitative estimate of drug-likeness (QED) is 0.737. The number of carbonyl (C=O) groups excluding carboxylic acids is 3. The number of hydrogen-bond donors (Lipinski definition) is 1. The van der Waals surface area contributed by atoms with E-state index in [1.54, 1.807) is 23.1 Å². The molecule has 8 nitrogen and oxygen atoms in total. The van der Waals surface area contributed by atoms with Gasteiger partial charge in [-0.2, -0.15) is 0 Å². The number of esters is 2. The lowest BCUT2D eigenvalue weighted by atomic mass is 9.95. The van der Waals surface area contributed by atoms with Crippen LogP contribution in [0.4, 0.5) is 5.69 Å². The molecule has 3 rings (SSSR count). The number of anilines is 1. The molecule has 1 amide bonds. The molecule has 30 heavy (non-hydrogen) atoms. The highest BCUT2D eigenvalue weighted by Gasteiger charge is 2.33. The summed E-state index contributed by atoms with van der Waals surface area (Å²) in [6.45, 7) is 1.79. The monoisotopic (exact) mass is 416 g/mol. The van der Waals surface area contributed by atoms with E-state index in [1.807, 2.05) is 6.92 Å². The Balaban J connectivity index is 1.96. The molecule has 1 aliphatic heterocycles. The minimum Gasteiger partial charge on any atom is -0.466 e. The molecule has 0 aromatic heterocycles. The van der Waals surface area contributed by atoms with Crippen LogP contribution in [0.3, 0.4) is 0 Å². The van der Waals surface area contributed by atoms with Gasteiger partial charge in [-0.15, -0.1) is 0 Å². The van der Waals surface area contributed by atoms with Crippen LogP contribution >= 0.6 is 0 Å². The number of nitrogens with zero attached hydrogens (tertiary/aromatic N) is 1. The molecule has 0 bridgehead atoms. The fourth-order valence-electron chi connectivity index (χ4n) is 4.01. The molecule has 8 heteroatoms. The second-order valence-corrected chi connectivity index (χ2v) is 7.47. The molecule has 0 atom stereocenters. The third-order valence-electron chi connectivity index (χ3n) is 5.61. The molecule has 1 aliphatic carbocycles. The smallest absolute Gasteiger partial charge is 0.355 e. The largest absolute Gasteiger partial charge is 0.466 e. The van der Waals surface area contributed by atoms with E-state index in [-0.39, 0.29) is 36.6 Å². The first-order valence-electron chi connectivity index (χ1n) is 10.1. The number of rotatable bonds is 5. The summed E-state index contributed by atoms with van der Waals surface area (Å²) in [5.74, 6) is -1.48. The van der Waals surface area contributed by atoms with Gasteiger partial charge in [0.2, 0.25) is 0 Å². The van der Waals surface area contributed by atoms with Crippen LogP contribution in [0, 0.1) is 6.92 Å². The Morgan fingerprint density at radius 2 is 1.77 bits per heavy atom. The first-order chi connectivity index (χ1) is 14.5. The van der Waals surface area contributed by atoms with Crippen LogP contribution in [-0.4, -0.2) is 51.4 Å². The molecule has 2 aliphatic rings. The maximum absolute atomic E-state index is 12.9. The Morgan fingerprint density at radius 3 is 2.43 bits per heavy atom. The SMILES string of the molecule is COC(=O)C1=C(C(=O)OC)N(c2cccc(C(=O)NC3CCCCC3)c2C)COC1. The highest BCUT2D eigenvalue weighted by Crippen LogP contribution is 2.31. The van der Waals surface area contributed by atoms with E-state index >= 15 is 0 Å². The minimum atomic E-state index is -0.671. The van der Waals surface area contributed by atoms with Gasteiger partial charge in [-0.3, -0.25) is 4.79 Å². The maximum atomic E-state index is 12.9. The van der Waals surface area contributed by atoms with Gasteiger partial charge < -0.3 is 24.4 Å². The van der Waals surface area contributed by atoms with Crippen molar-refractivity contribution < 1.29 is 28.6 Å². The molecular formula is C22H28N2O6. The molecule has 0 unspecified atom stereocenters. The molecule has 1 N–H and O–H groups in total. The highest BCUT2D eigenvalue weighted by atomic mass is 16.5. The normalized spacial score (nSPS) is 17.5. The lowest BCUT2D eigenvalue weighted by Crippen LogP contribution is -2.40.